The number of piperidine rings is 1. The van der Waals surface area contributed by atoms with Crippen molar-refractivity contribution in [2.75, 3.05) is 13.1 Å². The quantitative estimate of drug-likeness (QED) is 0.929. The maximum absolute atomic E-state index is 13.7. The number of hydrogen-bond acceptors (Lipinski definition) is 2. The first kappa shape index (κ1) is 16.5. The Balaban J connectivity index is 2.07. The maximum Gasteiger partial charge on any atom is 0.303 e. The van der Waals surface area contributed by atoms with Gasteiger partial charge in [-0.3, -0.25) is 9.59 Å². The predicted octanol–water partition coefficient (Wildman–Crippen LogP) is 3.16. The Labute approximate surface area is 129 Å². The van der Waals surface area contributed by atoms with Crippen LogP contribution in [0.4, 0.5) is 4.39 Å². The monoisotopic (exact) mass is 307 g/mol. The molecule has 0 aromatic heterocycles. The summed E-state index contributed by atoms with van der Waals surface area (Å²) in [7, 11) is 0. The van der Waals surface area contributed by atoms with Gasteiger partial charge >= 0.3 is 5.97 Å². The highest BCUT2D eigenvalue weighted by atomic mass is 19.1. The summed E-state index contributed by atoms with van der Waals surface area (Å²) < 4.78 is 13.7. The summed E-state index contributed by atoms with van der Waals surface area (Å²) in [6.07, 6.45) is 2.58. The molecule has 4 nitrogen and oxygen atoms in total. The number of likely N-dealkylation sites (tertiary alicyclic amines) is 1. The van der Waals surface area contributed by atoms with E-state index in [9.17, 15) is 14.0 Å². The van der Waals surface area contributed by atoms with Crippen LogP contribution in [-0.4, -0.2) is 35.0 Å². The molecular formula is C17H22FNO3. The second-order valence-corrected chi connectivity index (χ2v) is 6.12. The van der Waals surface area contributed by atoms with Crippen molar-refractivity contribution in [3.63, 3.8) is 0 Å². The van der Waals surface area contributed by atoms with Crippen LogP contribution < -0.4 is 0 Å². The van der Waals surface area contributed by atoms with Crippen LogP contribution in [-0.2, 0) is 4.79 Å². The van der Waals surface area contributed by atoms with Crippen molar-refractivity contribution in [3.05, 3.63) is 34.6 Å². The van der Waals surface area contributed by atoms with Crippen LogP contribution in [0.25, 0.3) is 0 Å². The Morgan fingerprint density at radius 1 is 1.32 bits per heavy atom. The molecular weight excluding hydrogens is 285 g/mol. The molecule has 1 atom stereocenters. The summed E-state index contributed by atoms with van der Waals surface area (Å²) in [5.41, 5.74) is 1.46. The van der Waals surface area contributed by atoms with Gasteiger partial charge < -0.3 is 10.0 Å². The third-order valence-electron chi connectivity index (χ3n) is 4.26. The first-order valence-electron chi connectivity index (χ1n) is 7.66. The second kappa shape index (κ2) is 6.90. The molecule has 1 aliphatic rings. The number of carbonyl (C=O) groups is 2. The smallest absolute Gasteiger partial charge is 0.303 e. The van der Waals surface area contributed by atoms with Crippen LogP contribution in [0.2, 0.25) is 0 Å². The fourth-order valence-electron chi connectivity index (χ4n) is 3.06. The Kier molecular flexibility index (Phi) is 5.16. The highest BCUT2D eigenvalue weighted by Gasteiger charge is 2.25. The highest BCUT2D eigenvalue weighted by Crippen LogP contribution is 2.23. The van der Waals surface area contributed by atoms with E-state index in [0.717, 1.165) is 12.8 Å². The molecule has 0 bridgehead atoms. The number of halogens is 1. The van der Waals surface area contributed by atoms with E-state index < -0.39 is 5.97 Å². The number of aryl methyl sites for hydroxylation is 2. The first-order chi connectivity index (χ1) is 10.4. The first-order valence-corrected chi connectivity index (χ1v) is 7.66. The normalized spacial score (nSPS) is 18.3. The number of carboxylic acid groups (broad SMARTS) is 1. The van der Waals surface area contributed by atoms with E-state index in [-0.39, 0.29) is 24.1 Å². The molecule has 1 aromatic rings. The van der Waals surface area contributed by atoms with E-state index in [1.54, 1.807) is 30.9 Å². The van der Waals surface area contributed by atoms with Gasteiger partial charge in [0.2, 0.25) is 0 Å². The van der Waals surface area contributed by atoms with Gasteiger partial charge in [-0.05, 0) is 62.3 Å². The molecule has 1 amide bonds. The van der Waals surface area contributed by atoms with E-state index in [4.69, 9.17) is 5.11 Å². The molecule has 5 heteroatoms. The minimum atomic E-state index is -0.798. The van der Waals surface area contributed by atoms with Crippen molar-refractivity contribution in [1.29, 1.82) is 0 Å². The lowest BCUT2D eigenvalue weighted by molar-refractivity contribution is -0.137. The van der Waals surface area contributed by atoms with Crippen LogP contribution in [0.5, 0.6) is 0 Å². The number of benzene rings is 1. The summed E-state index contributed by atoms with van der Waals surface area (Å²) >= 11 is 0. The molecule has 0 spiro atoms. The molecule has 1 N–H and O–H groups in total. The predicted molar refractivity (Wildman–Crippen MR) is 81.4 cm³/mol. The van der Waals surface area contributed by atoms with Crippen molar-refractivity contribution < 1.29 is 19.1 Å². The average molecular weight is 307 g/mol. The van der Waals surface area contributed by atoms with Gasteiger partial charge in [-0.2, -0.15) is 0 Å². The number of aliphatic carboxylic acids is 1. The molecule has 120 valence electrons. The lowest BCUT2D eigenvalue weighted by Gasteiger charge is -2.33. The molecule has 1 saturated heterocycles. The molecule has 2 rings (SSSR count). The SMILES string of the molecule is Cc1cc(C(=O)N2CCCC(CCC(=O)O)C2)cc(C)c1F. The lowest BCUT2D eigenvalue weighted by atomic mass is 9.93. The number of carbonyl (C=O) groups excluding carboxylic acids is 1. The second-order valence-electron chi connectivity index (χ2n) is 6.12. The van der Waals surface area contributed by atoms with Crippen LogP contribution in [0.15, 0.2) is 12.1 Å². The van der Waals surface area contributed by atoms with E-state index in [1.165, 1.54) is 0 Å². The topological polar surface area (TPSA) is 57.6 Å². The van der Waals surface area contributed by atoms with Gasteiger partial charge in [-0.15, -0.1) is 0 Å². The van der Waals surface area contributed by atoms with Crippen molar-refractivity contribution >= 4 is 11.9 Å². The molecule has 1 fully saturated rings. The van der Waals surface area contributed by atoms with Gasteiger partial charge in [0.15, 0.2) is 0 Å². The number of carboxylic acids is 1. The van der Waals surface area contributed by atoms with Gasteiger partial charge in [0.1, 0.15) is 5.82 Å². The van der Waals surface area contributed by atoms with E-state index in [2.05, 4.69) is 0 Å². The highest BCUT2D eigenvalue weighted by molar-refractivity contribution is 5.94. The summed E-state index contributed by atoms with van der Waals surface area (Å²) in [5.74, 6) is -0.926. The molecule has 0 aliphatic carbocycles. The molecule has 22 heavy (non-hydrogen) atoms. The summed E-state index contributed by atoms with van der Waals surface area (Å²) in [6, 6.07) is 3.18. The maximum atomic E-state index is 13.7. The van der Waals surface area contributed by atoms with Crippen LogP contribution >= 0.6 is 0 Å². The molecule has 1 aliphatic heterocycles. The Morgan fingerprint density at radius 2 is 1.95 bits per heavy atom. The average Bonchev–Trinajstić information content (AvgIpc) is 2.49. The standard InChI is InChI=1S/C17H22FNO3/c1-11-8-14(9-12(2)16(11)18)17(22)19-7-3-4-13(10-19)5-6-15(20)21/h8-9,13H,3-7,10H2,1-2H3,(H,20,21). The Bertz CT molecular complexity index is 562. The van der Waals surface area contributed by atoms with Gasteiger partial charge in [0.05, 0.1) is 0 Å². The van der Waals surface area contributed by atoms with Crippen molar-refractivity contribution in [1.82, 2.24) is 4.90 Å². The van der Waals surface area contributed by atoms with Gasteiger partial charge in [-0.25, -0.2) is 4.39 Å². The van der Waals surface area contributed by atoms with Crippen molar-refractivity contribution in [3.8, 4) is 0 Å². The summed E-state index contributed by atoms with van der Waals surface area (Å²) in [5, 5.41) is 8.77. The molecule has 0 radical (unpaired) electrons. The van der Waals surface area contributed by atoms with Gasteiger partial charge in [0.25, 0.3) is 5.91 Å². The van der Waals surface area contributed by atoms with E-state index >= 15 is 0 Å². The Hall–Kier alpha value is -1.91. The largest absolute Gasteiger partial charge is 0.481 e. The minimum Gasteiger partial charge on any atom is -0.481 e. The summed E-state index contributed by atoms with van der Waals surface area (Å²) in [4.78, 5) is 25.0. The zero-order chi connectivity index (χ0) is 16.3. The Morgan fingerprint density at radius 3 is 2.55 bits per heavy atom. The lowest BCUT2D eigenvalue weighted by Crippen LogP contribution is -2.40. The fraction of sp³-hybridized carbons (Fsp3) is 0.529. The molecule has 1 aromatic carbocycles. The number of amides is 1. The number of nitrogens with zero attached hydrogens (tertiary/aromatic N) is 1. The van der Waals surface area contributed by atoms with Crippen molar-refractivity contribution in [2.24, 2.45) is 5.92 Å². The van der Waals surface area contributed by atoms with Crippen LogP contribution in [0.1, 0.15) is 47.2 Å². The zero-order valence-electron chi connectivity index (χ0n) is 13.1. The molecule has 0 saturated carbocycles. The van der Waals surface area contributed by atoms with Crippen molar-refractivity contribution in [2.45, 2.75) is 39.5 Å². The van der Waals surface area contributed by atoms with Gasteiger partial charge in [-0.1, -0.05) is 0 Å². The van der Waals surface area contributed by atoms with Crippen LogP contribution in [0, 0.1) is 25.6 Å². The summed E-state index contributed by atoms with van der Waals surface area (Å²) in [6.45, 7) is 4.58. The minimum absolute atomic E-state index is 0.0915. The third-order valence-corrected chi connectivity index (χ3v) is 4.26. The van der Waals surface area contributed by atoms with Gasteiger partial charge in [0, 0.05) is 25.1 Å². The number of hydrogen-bond donors (Lipinski definition) is 1. The van der Waals surface area contributed by atoms with E-state index in [1.807, 2.05) is 0 Å². The molecule has 1 heterocycles. The number of rotatable bonds is 4. The van der Waals surface area contributed by atoms with E-state index in [0.29, 0.717) is 36.2 Å². The molecule has 1 unspecified atom stereocenters. The third kappa shape index (κ3) is 3.84. The van der Waals surface area contributed by atoms with Crippen LogP contribution in [0.3, 0.4) is 0 Å². The zero-order valence-corrected chi connectivity index (χ0v) is 13.1. The fourth-order valence-corrected chi connectivity index (χ4v) is 3.06.